The SMILES string of the molecule is N#CC1=C(N)C(C#N)(C#N)[C@@H](c2ccc(Br)s2)[C@H]2CCCC=C12. The van der Waals surface area contributed by atoms with Crippen LogP contribution in [0.15, 0.2) is 38.8 Å². The molecule has 1 aromatic rings. The van der Waals surface area contributed by atoms with Gasteiger partial charge in [0.1, 0.15) is 6.07 Å². The Hall–Kier alpha value is -2.07. The van der Waals surface area contributed by atoms with Crippen molar-refractivity contribution in [2.24, 2.45) is 17.1 Å². The molecule has 0 saturated heterocycles. The minimum absolute atomic E-state index is 0.0180. The van der Waals surface area contributed by atoms with E-state index in [4.69, 9.17) is 5.73 Å². The molecule has 0 bridgehead atoms. The summed E-state index contributed by atoms with van der Waals surface area (Å²) < 4.78 is 0.951. The van der Waals surface area contributed by atoms with Crippen molar-refractivity contribution in [1.29, 1.82) is 15.8 Å². The van der Waals surface area contributed by atoms with Gasteiger partial charge in [-0.05, 0) is 58.8 Å². The van der Waals surface area contributed by atoms with E-state index in [9.17, 15) is 15.8 Å². The monoisotopic (exact) mass is 384 g/mol. The van der Waals surface area contributed by atoms with Crippen LogP contribution in [-0.4, -0.2) is 0 Å². The summed E-state index contributed by atoms with van der Waals surface area (Å²) in [6.45, 7) is 0. The molecule has 0 saturated carbocycles. The highest BCUT2D eigenvalue weighted by molar-refractivity contribution is 9.11. The molecule has 3 rings (SSSR count). The molecule has 2 aliphatic rings. The first-order valence-electron chi connectivity index (χ1n) is 7.27. The lowest BCUT2D eigenvalue weighted by Crippen LogP contribution is -2.42. The van der Waals surface area contributed by atoms with Crippen molar-refractivity contribution < 1.29 is 0 Å². The fraction of sp³-hybridized carbons (Fsp3) is 0.353. The van der Waals surface area contributed by atoms with Gasteiger partial charge in [0.15, 0.2) is 5.41 Å². The van der Waals surface area contributed by atoms with Gasteiger partial charge in [0.25, 0.3) is 0 Å². The summed E-state index contributed by atoms with van der Waals surface area (Å²) in [5, 5.41) is 29.2. The minimum Gasteiger partial charge on any atom is -0.399 e. The smallest absolute Gasteiger partial charge is 0.192 e. The minimum atomic E-state index is -1.49. The number of fused-ring (bicyclic) bond motifs is 1. The molecule has 114 valence electrons. The Morgan fingerprint density at radius 1 is 1.26 bits per heavy atom. The van der Waals surface area contributed by atoms with Crippen LogP contribution in [-0.2, 0) is 0 Å². The first-order valence-corrected chi connectivity index (χ1v) is 8.88. The summed E-state index contributed by atoms with van der Waals surface area (Å²) in [7, 11) is 0. The van der Waals surface area contributed by atoms with Crippen LogP contribution in [0.4, 0.5) is 0 Å². The van der Waals surface area contributed by atoms with Crippen LogP contribution >= 0.6 is 27.3 Å². The zero-order chi connectivity index (χ0) is 16.6. The second-order valence-electron chi connectivity index (χ2n) is 5.75. The van der Waals surface area contributed by atoms with Gasteiger partial charge < -0.3 is 5.73 Å². The third-order valence-electron chi connectivity index (χ3n) is 4.70. The summed E-state index contributed by atoms with van der Waals surface area (Å²) in [5.74, 6) is -0.354. The van der Waals surface area contributed by atoms with Crippen molar-refractivity contribution in [2.75, 3.05) is 0 Å². The van der Waals surface area contributed by atoms with Gasteiger partial charge in [-0.15, -0.1) is 11.3 Å². The second kappa shape index (κ2) is 5.85. The summed E-state index contributed by atoms with van der Waals surface area (Å²) >= 11 is 4.97. The number of halogens is 1. The lowest BCUT2D eigenvalue weighted by molar-refractivity contribution is 0.321. The number of nitriles is 3. The van der Waals surface area contributed by atoms with E-state index in [0.717, 1.165) is 33.5 Å². The number of thiophene rings is 1. The maximum Gasteiger partial charge on any atom is 0.192 e. The third-order valence-corrected chi connectivity index (χ3v) is 6.41. The fourth-order valence-corrected chi connectivity index (χ4v) is 5.33. The molecule has 0 radical (unpaired) electrons. The van der Waals surface area contributed by atoms with E-state index in [1.807, 2.05) is 18.2 Å². The van der Waals surface area contributed by atoms with E-state index in [2.05, 4.69) is 34.1 Å². The standard InChI is InChI=1S/C17H13BrN4S/c18-14-6-5-13(23-14)15-11-4-2-1-3-10(11)12(7-19)16(22)17(15,8-20)9-21/h3,5-6,11,15H,1-2,4,22H2/t11-,15+/m0/s1. The molecule has 0 fully saturated rings. The largest absolute Gasteiger partial charge is 0.399 e. The van der Waals surface area contributed by atoms with E-state index in [-0.39, 0.29) is 17.5 Å². The Morgan fingerprint density at radius 3 is 2.57 bits per heavy atom. The molecule has 23 heavy (non-hydrogen) atoms. The zero-order valence-corrected chi connectivity index (χ0v) is 14.6. The van der Waals surface area contributed by atoms with Gasteiger partial charge in [-0.1, -0.05) is 6.08 Å². The Kier molecular flexibility index (Phi) is 4.02. The van der Waals surface area contributed by atoms with Crippen molar-refractivity contribution in [3.05, 3.63) is 43.7 Å². The predicted octanol–water partition coefficient (Wildman–Crippen LogP) is 4.10. The molecule has 6 heteroatoms. The van der Waals surface area contributed by atoms with Crippen molar-refractivity contribution >= 4 is 27.3 Å². The highest BCUT2D eigenvalue weighted by Gasteiger charge is 2.54. The van der Waals surface area contributed by atoms with Gasteiger partial charge >= 0.3 is 0 Å². The quantitative estimate of drug-likeness (QED) is 0.787. The van der Waals surface area contributed by atoms with Gasteiger partial charge in [0, 0.05) is 10.8 Å². The Bertz CT molecular complexity index is 829. The van der Waals surface area contributed by atoms with Gasteiger partial charge in [0.05, 0.1) is 27.2 Å². The average Bonchev–Trinajstić information content (AvgIpc) is 3.00. The lowest BCUT2D eigenvalue weighted by atomic mass is 9.58. The van der Waals surface area contributed by atoms with Crippen molar-refractivity contribution in [3.63, 3.8) is 0 Å². The summed E-state index contributed by atoms with van der Waals surface area (Å²) in [6, 6.07) is 10.3. The maximum atomic E-state index is 9.83. The third kappa shape index (κ3) is 2.20. The van der Waals surface area contributed by atoms with Gasteiger partial charge in [-0.25, -0.2) is 0 Å². The number of rotatable bonds is 1. The molecule has 4 nitrogen and oxygen atoms in total. The van der Waals surface area contributed by atoms with E-state index in [0.29, 0.717) is 5.57 Å². The maximum absolute atomic E-state index is 9.83. The van der Waals surface area contributed by atoms with Gasteiger partial charge in [0.2, 0.25) is 0 Å². The molecular formula is C17H13BrN4S. The molecule has 0 amide bonds. The summed E-state index contributed by atoms with van der Waals surface area (Å²) in [6.07, 6.45) is 4.80. The molecule has 0 aromatic carbocycles. The van der Waals surface area contributed by atoms with Crippen LogP contribution in [0.1, 0.15) is 30.1 Å². The molecule has 1 aromatic heterocycles. The van der Waals surface area contributed by atoms with Gasteiger partial charge in [-0.3, -0.25) is 0 Å². The highest BCUT2D eigenvalue weighted by Crippen LogP contribution is 2.56. The molecular weight excluding hydrogens is 372 g/mol. The highest BCUT2D eigenvalue weighted by atomic mass is 79.9. The molecule has 1 heterocycles. The van der Waals surface area contributed by atoms with Crippen LogP contribution < -0.4 is 5.73 Å². The Morgan fingerprint density at radius 2 is 2.00 bits per heavy atom. The van der Waals surface area contributed by atoms with Crippen LogP contribution in [0.25, 0.3) is 0 Å². The van der Waals surface area contributed by atoms with Gasteiger partial charge in [-0.2, -0.15) is 15.8 Å². The van der Waals surface area contributed by atoms with E-state index >= 15 is 0 Å². The van der Waals surface area contributed by atoms with E-state index in [1.165, 1.54) is 11.3 Å². The average molecular weight is 385 g/mol. The topological polar surface area (TPSA) is 97.4 Å². The van der Waals surface area contributed by atoms with Crippen molar-refractivity contribution in [3.8, 4) is 18.2 Å². The second-order valence-corrected chi connectivity index (χ2v) is 8.24. The van der Waals surface area contributed by atoms with Crippen LogP contribution in [0.3, 0.4) is 0 Å². The predicted molar refractivity (Wildman–Crippen MR) is 90.7 cm³/mol. The van der Waals surface area contributed by atoms with Crippen LogP contribution in [0, 0.1) is 45.3 Å². The van der Waals surface area contributed by atoms with Crippen molar-refractivity contribution in [1.82, 2.24) is 0 Å². The summed E-state index contributed by atoms with van der Waals surface area (Å²) in [5.41, 5.74) is 6.04. The molecule has 2 N–H and O–H groups in total. The normalized spacial score (nSPS) is 25.6. The van der Waals surface area contributed by atoms with Crippen molar-refractivity contribution in [2.45, 2.75) is 25.2 Å². The first kappa shape index (κ1) is 15.8. The Labute approximate surface area is 147 Å². The molecule has 2 atom stereocenters. The fourth-order valence-electron chi connectivity index (χ4n) is 3.67. The lowest BCUT2D eigenvalue weighted by Gasteiger charge is -2.42. The Balaban J connectivity index is 2.33. The summed E-state index contributed by atoms with van der Waals surface area (Å²) in [4.78, 5) is 0.956. The molecule has 0 unspecified atom stereocenters. The number of hydrogen-bond acceptors (Lipinski definition) is 5. The number of nitrogens with zero attached hydrogens (tertiary/aromatic N) is 3. The van der Waals surface area contributed by atoms with E-state index in [1.54, 1.807) is 0 Å². The van der Waals surface area contributed by atoms with Crippen LogP contribution in [0.2, 0.25) is 0 Å². The first-order chi connectivity index (χ1) is 11.1. The molecule has 2 aliphatic carbocycles. The van der Waals surface area contributed by atoms with E-state index < -0.39 is 5.41 Å². The van der Waals surface area contributed by atoms with Crippen LogP contribution in [0.5, 0.6) is 0 Å². The molecule has 0 aliphatic heterocycles. The number of hydrogen-bond donors (Lipinski definition) is 1. The number of allylic oxidation sites excluding steroid dienone is 4. The number of nitrogens with two attached hydrogens (primary N) is 1. The zero-order valence-electron chi connectivity index (χ0n) is 12.2. The molecule has 0 spiro atoms.